The number of hydrogen-bond acceptors (Lipinski definition) is 3. The minimum absolute atomic E-state index is 0.00508. The fourth-order valence-electron chi connectivity index (χ4n) is 1.97. The molecular weight excluding hydrogens is 190 g/mol. The molecule has 2 rings (SSSR count). The molecule has 1 fully saturated rings. The molecule has 0 unspecified atom stereocenters. The van der Waals surface area contributed by atoms with Crippen LogP contribution in [0.25, 0.3) is 0 Å². The van der Waals surface area contributed by atoms with Gasteiger partial charge < -0.3 is 4.90 Å². The Kier molecular flexibility index (Phi) is 3.50. The third kappa shape index (κ3) is 2.89. The second-order valence-electron chi connectivity index (χ2n) is 3.99. The summed E-state index contributed by atoms with van der Waals surface area (Å²) in [5, 5.41) is 4.04. The van der Waals surface area contributed by atoms with E-state index >= 15 is 0 Å². The number of aromatic nitrogens is 2. The van der Waals surface area contributed by atoms with Gasteiger partial charge in [0.05, 0.1) is 6.54 Å². The van der Waals surface area contributed by atoms with Gasteiger partial charge in [-0.2, -0.15) is 5.10 Å². The molecule has 0 bridgehead atoms. The molecule has 2 heterocycles. The molecule has 0 atom stereocenters. The van der Waals surface area contributed by atoms with Crippen molar-refractivity contribution in [3.05, 3.63) is 28.7 Å². The van der Waals surface area contributed by atoms with Crippen LogP contribution in [0.1, 0.15) is 19.3 Å². The number of likely N-dealkylation sites (tertiary alicyclic amines) is 1. The molecule has 1 aliphatic heterocycles. The maximum Gasteiger partial charge on any atom is 0.266 e. The van der Waals surface area contributed by atoms with Crippen molar-refractivity contribution in [3.8, 4) is 0 Å². The monoisotopic (exact) mass is 207 g/mol. The van der Waals surface area contributed by atoms with Crippen molar-refractivity contribution in [1.29, 1.82) is 0 Å². The Morgan fingerprint density at radius 2 is 2.00 bits per heavy atom. The highest BCUT2D eigenvalue weighted by Crippen LogP contribution is 2.07. The molecular formula is C11H17N3O. The molecule has 4 nitrogen and oxygen atoms in total. The van der Waals surface area contributed by atoms with Gasteiger partial charge in [0.25, 0.3) is 5.56 Å². The lowest BCUT2D eigenvalue weighted by Crippen LogP contribution is -2.35. The van der Waals surface area contributed by atoms with Crippen molar-refractivity contribution in [2.75, 3.05) is 19.6 Å². The van der Waals surface area contributed by atoms with Gasteiger partial charge in [-0.1, -0.05) is 6.42 Å². The SMILES string of the molecule is O=c1cccnn1CCN1CCCCC1. The van der Waals surface area contributed by atoms with E-state index in [0.717, 1.165) is 6.54 Å². The predicted molar refractivity (Wildman–Crippen MR) is 58.8 cm³/mol. The van der Waals surface area contributed by atoms with Crippen molar-refractivity contribution in [3.63, 3.8) is 0 Å². The first-order valence-electron chi connectivity index (χ1n) is 5.61. The fraction of sp³-hybridized carbons (Fsp3) is 0.636. The van der Waals surface area contributed by atoms with Gasteiger partial charge in [-0.25, -0.2) is 4.68 Å². The van der Waals surface area contributed by atoms with Gasteiger partial charge in [0.1, 0.15) is 0 Å². The summed E-state index contributed by atoms with van der Waals surface area (Å²) in [5.41, 5.74) is -0.00508. The minimum Gasteiger partial charge on any atom is -0.301 e. The standard InChI is InChI=1S/C11H17N3O/c15-11-5-4-6-12-14(11)10-9-13-7-2-1-3-8-13/h4-6H,1-3,7-10H2. The summed E-state index contributed by atoms with van der Waals surface area (Å²) in [4.78, 5) is 13.8. The summed E-state index contributed by atoms with van der Waals surface area (Å²) in [6.45, 7) is 3.99. The number of rotatable bonds is 3. The zero-order chi connectivity index (χ0) is 10.5. The van der Waals surface area contributed by atoms with Gasteiger partial charge in [0.15, 0.2) is 0 Å². The van der Waals surface area contributed by atoms with Gasteiger partial charge >= 0.3 is 0 Å². The molecule has 1 aromatic rings. The summed E-state index contributed by atoms with van der Waals surface area (Å²) >= 11 is 0. The molecule has 0 radical (unpaired) electrons. The lowest BCUT2D eigenvalue weighted by molar-refractivity contribution is 0.216. The minimum atomic E-state index is -0.00508. The summed E-state index contributed by atoms with van der Waals surface area (Å²) in [6.07, 6.45) is 5.59. The number of hydrogen-bond donors (Lipinski definition) is 0. The Bertz CT molecular complexity index is 355. The van der Waals surface area contributed by atoms with Crippen LogP contribution in [-0.2, 0) is 6.54 Å². The van der Waals surface area contributed by atoms with E-state index in [4.69, 9.17) is 0 Å². The lowest BCUT2D eigenvalue weighted by atomic mass is 10.1. The molecule has 0 aliphatic carbocycles. The van der Waals surface area contributed by atoms with Crippen LogP contribution in [0.15, 0.2) is 23.1 Å². The average molecular weight is 207 g/mol. The molecule has 0 amide bonds. The van der Waals surface area contributed by atoms with Crippen LogP contribution in [0.5, 0.6) is 0 Å². The first-order valence-corrected chi connectivity index (χ1v) is 5.61. The Morgan fingerprint density at radius 3 is 2.73 bits per heavy atom. The van der Waals surface area contributed by atoms with E-state index in [2.05, 4.69) is 10.00 Å². The highest BCUT2D eigenvalue weighted by molar-refractivity contribution is 4.84. The second-order valence-corrected chi connectivity index (χ2v) is 3.99. The van der Waals surface area contributed by atoms with Crippen LogP contribution >= 0.6 is 0 Å². The van der Waals surface area contributed by atoms with Crippen LogP contribution in [0.4, 0.5) is 0 Å². The third-order valence-corrected chi connectivity index (χ3v) is 2.86. The number of piperidine rings is 1. The van der Waals surface area contributed by atoms with Gasteiger partial charge in [0, 0.05) is 18.8 Å². The van der Waals surface area contributed by atoms with Gasteiger partial charge in [-0.05, 0) is 32.0 Å². The van der Waals surface area contributed by atoms with Gasteiger partial charge in [0.2, 0.25) is 0 Å². The summed E-state index contributed by atoms with van der Waals surface area (Å²) in [6, 6.07) is 3.24. The van der Waals surface area contributed by atoms with Crippen LogP contribution in [0.3, 0.4) is 0 Å². The fourth-order valence-corrected chi connectivity index (χ4v) is 1.97. The molecule has 0 saturated carbocycles. The molecule has 0 N–H and O–H groups in total. The summed E-state index contributed by atoms with van der Waals surface area (Å²) < 4.78 is 1.54. The highest BCUT2D eigenvalue weighted by atomic mass is 16.1. The van der Waals surface area contributed by atoms with Gasteiger partial charge in [-0.15, -0.1) is 0 Å². The molecule has 0 spiro atoms. The molecule has 1 aromatic heterocycles. The first kappa shape index (κ1) is 10.4. The largest absolute Gasteiger partial charge is 0.301 e. The maximum absolute atomic E-state index is 11.4. The molecule has 1 saturated heterocycles. The molecule has 15 heavy (non-hydrogen) atoms. The number of nitrogens with zero attached hydrogens (tertiary/aromatic N) is 3. The van der Waals surface area contributed by atoms with Crippen LogP contribution < -0.4 is 5.56 Å². The predicted octanol–water partition coefficient (Wildman–Crippen LogP) is 0.729. The van der Waals surface area contributed by atoms with Crippen molar-refractivity contribution in [1.82, 2.24) is 14.7 Å². The van der Waals surface area contributed by atoms with Crippen molar-refractivity contribution in [2.24, 2.45) is 0 Å². The van der Waals surface area contributed by atoms with E-state index in [9.17, 15) is 4.79 Å². The van der Waals surface area contributed by atoms with E-state index in [1.54, 1.807) is 18.3 Å². The van der Waals surface area contributed by atoms with E-state index in [-0.39, 0.29) is 5.56 Å². The molecule has 1 aliphatic rings. The molecule has 0 aromatic carbocycles. The van der Waals surface area contributed by atoms with E-state index in [1.165, 1.54) is 37.0 Å². The quantitative estimate of drug-likeness (QED) is 0.733. The second kappa shape index (κ2) is 5.07. The molecule has 4 heteroatoms. The first-order chi connectivity index (χ1) is 7.36. The normalized spacial score (nSPS) is 17.9. The summed E-state index contributed by atoms with van der Waals surface area (Å²) in [7, 11) is 0. The van der Waals surface area contributed by atoms with Crippen molar-refractivity contribution in [2.45, 2.75) is 25.8 Å². The topological polar surface area (TPSA) is 38.1 Å². The zero-order valence-electron chi connectivity index (χ0n) is 8.93. The van der Waals surface area contributed by atoms with Crippen LogP contribution in [0, 0.1) is 0 Å². The smallest absolute Gasteiger partial charge is 0.266 e. The Hall–Kier alpha value is -1.16. The summed E-state index contributed by atoms with van der Waals surface area (Å²) in [5.74, 6) is 0. The zero-order valence-corrected chi connectivity index (χ0v) is 8.93. The lowest BCUT2D eigenvalue weighted by Gasteiger charge is -2.26. The van der Waals surface area contributed by atoms with E-state index in [1.807, 2.05) is 0 Å². The maximum atomic E-state index is 11.4. The van der Waals surface area contributed by atoms with Crippen molar-refractivity contribution < 1.29 is 0 Å². The van der Waals surface area contributed by atoms with Crippen LogP contribution in [-0.4, -0.2) is 34.3 Å². The Morgan fingerprint density at radius 1 is 1.20 bits per heavy atom. The van der Waals surface area contributed by atoms with E-state index < -0.39 is 0 Å². The Balaban J connectivity index is 1.87. The average Bonchev–Trinajstić information content (AvgIpc) is 2.29. The van der Waals surface area contributed by atoms with Gasteiger partial charge in [-0.3, -0.25) is 4.79 Å². The highest BCUT2D eigenvalue weighted by Gasteiger charge is 2.09. The van der Waals surface area contributed by atoms with Crippen LogP contribution in [0.2, 0.25) is 0 Å². The Labute approximate surface area is 89.5 Å². The van der Waals surface area contributed by atoms with E-state index in [0.29, 0.717) is 6.54 Å². The molecule has 82 valence electrons. The third-order valence-electron chi connectivity index (χ3n) is 2.86. The van der Waals surface area contributed by atoms with Crippen molar-refractivity contribution >= 4 is 0 Å².